The summed E-state index contributed by atoms with van der Waals surface area (Å²) < 4.78 is 5.43. The first-order valence-corrected chi connectivity index (χ1v) is 5.87. The normalized spacial score (nSPS) is 16.0. The van der Waals surface area contributed by atoms with Crippen LogP contribution >= 0.6 is 0 Å². The summed E-state index contributed by atoms with van der Waals surface area (Å²) >= 11 is 0. The second-order valence-electron chi connectivity index (χ2n) is 5.16. The standard InChI is InChI=1S/C12H27NO2/c1-10(2)8-15-7-6-13-9-12(5,14)11(3)4/h10-11,13-14H,6-9H2,1-5H3. The van der Waals surface area contributed by atoms with Gasteiger partial charge >= 0.3 is 0 Å². The van der Waals surface area contributed by atoms with Gasteiger partial charge in [-0.15, -0.1) is 0 Å². The van der Waals surface area contributed by atoms with E-state index in [1.807, 2.05) is 20.8 Å². The minimum Gasteiger partial charge on any atom is -0.389 e. The summed E-state index contributed by atoms with van der Waals surface area (Å²) in [6, 6.07) is 0. The molecule has 15 heavy (non-hydrogen) atoms. The predicted octanol–water partition coefficient (Wildman–Crippen LogP) is 1.66. The van der Waals surface area contributed by atoms with Crippen molar-refractivity contribution in [3.8, 4) is 0 Å². The van der Waals surface area contributed by atoms with Gasteiger partial charge < -0.3 is 15.2 Å². The maximum absolute atomic E-state index is 9.93. The van der Waals surface area contributed by atoms with E-state index in [1.165, 1.54) is 0 Å². The van der Waals surface area contributed by atoms with E-state index in [9.17, 15) is 5.11 Å². The molecule has 0 fully saturated rings. The highest BCUT2D eigenvalue weighted by molar-refractivity contribution is 4.78. The van der Waals surface area contributed by atoms with E-state index in [-0.39, 0.29) is 5.92 Å². The lowest BCUT2D eigenvalue weighted by Crippen LogP contribution is -2.43. The van der Waals surface area contributed by atoms with Crippen molar-refractivity contribution < 1.29 is 9.84 Å². The van der Waals surface area contributed by atoms with E-state index < -0.39 is 5.60 Å². The minimum atomic E-state index is -0.627. The van der Waals surface area contributed by atoms with Crippen molar-refractivity contribution in [3.63, 3.8) is 0 Å². The number of aliphatic hydroxyl groups is 1. The Bertz CT molecular complexity index is 156. The monoisotopic (exact) mass is 217 g/mol. The SMILES string of the molecule is CC(C)COCCNCC(C)(O)C(C)C. The summed E-state index contributed by atoms with van der Waals surface area (Å²) in [6.07, 6.45) is 0. The molecule has 92 valence electrons. The first-order valence-electron chi connectivity index (χ1n) is 5.87. The van der Waals surface area contributed by atoms with Crippen LogP contribution in [0.25, 0.3) is 0 Å². The smallest absolute Gasteiger partial charge is 0.0766 e. The van der Waals surface area contributed by atoms with Gasteiger partial charge in [0.05, 0.1) is 12.2 Å². The van der Waals surface area contributed by atoms with Crippen molar-refractivity contribution in [3.05, 3.63) is 0 Å². The Morgan fingerprint density at radius 3 is 2.33 bits per heavy atom. The van der Waals surface area contributed by atoms with Crippen molar-refractivity contribution in [1.29, 1.82) is 0 Å². The van der Waals surface area contributed by atoms with Crippen LogP contribution in [-0.2, 0) is 4.74 Å². The summed E-state index contributed by atoms with van der Waals surface area (Å²) in [5, 5.41) is 13.1. The van der Waals surface area contributed by atoms with Crippen LogP contribution < -0.4 is 5.32 Å². The third-order valence-corrected chi connectivity index (χ3v) is 2.60. The largest absolute Gasteiger partial charge is 0.389 e. The lowest BCUT2D eigenvalue weighted by molar-refractivity contribution is 0.0121. The average Bonchev–Trinajstić information content (AvgIpc) is 2.10. The highest BCUT2D eigenvalue weighted by atomic mass is 16.5. The summed E-state index contributed by atoms with van der Waals surface area (Å²) in [5.74, 6) is 0.852. The molecule has 0 aromatic rings. The molecule has 0 amide bonds. The second kappa shape index (κ2) is 7.20. The van der Waals surface area contributed by atoms with Crippen LogP contribution in [0.15, 0.2) is 0 Å². The zero-order chi connectivity index (χ0) is 11.9. The molecule has 0 aliphatic carbocycles. The van der Waals surface area contributed by atoms with Crippen LogP contribution in [-0.4, -0.2) is 37.0 Å². The third kappa shape index (κ3) is 7.77. The number of rotatable bonds is 8. The van der Waals surface area contributed by atoms with Gasteiger partial charge in [0, 0.05) is 19.7 Å². The van der Waals surface area contributed by atoms with Crippen molar-refractivity contribution in [2.75, 3.05) is 26.3 Å². The minimum absolute atomic E-state index is 0.265. The lowest BCUT2D eigenvalue weighted by Gasteiger charge is -2.27. The summed E-state index contributed by atoms with van der Waals surface area (Å²) in [5.41, 5.74) is -0.627. The summed E-state index contributed by atoms with van der Waals surface area (Å²) in [4.78, 5) is 0. The Kier molecular flexibility index (Phi) is 7.14. The average molecular weight is 217 g/mol. The van der Waals surface area contributed by atoms with Gasteiger partial charge in [-0.2, -0.15) is 0 Å². The molecule has 0 radical (unpaired) electrons. The maximum Gasteiger partial charge on any atom is 0.0766 e. The lowest BCUT2D eigenvalue weighted by atomic mass is 9.93. The second-order valence-corrected chi connectivity index (χ2v) is 5.16. The Labute approximate surface area is 94.2 Å². The zero-order valence-electron chi connectivity index (χ0n) is 10.8. The molecule has 0 aliphatic heterocycles. The van der Waals surface area contributed by atoms with Crippen LogP contribution in [0.1, 0.15) is 34.6 Å². The van der Waals surface area contributed by atoms with Crippen LogP contribution in [0.3, 0.4) is 0 Å². The third-order valence-electron chi connectivity index (χ3n) is 2.60. The molecule has 0 saturated heterocycles. The number of hydrogen-bond donors (Lipinski definition) is 2. The molecule has 0 heterocycles. The molecule has 0 saturated carbocycles. The van der Waals surface area contributed by atoms with Crippen molar-refractivity contribution in [2.45, 2.75) is 40.2 Å². The van der Waals surface area contributed by atoms with Crippen LogP contribution in [0.2, 0.25) is 0 Å². The van der Waals surface area contributed by atoms with Crippen LogP contribution in [0, 0.1) is 11.8 Å². The van der Waals surface area contributed by atoms with Crippen LogP contribution in [0.5, 0.6) is 0 Å². The molecule has 1 atom stereocenters. The van der Waals surface area contributed by atoms with Crippen molar-refractivity contribution >= 4 is 0 Å². The van der Waals surface area contributed by atoms with Gasteiger partial charge in [-0.1, -0.05) is 27.7 Å². The molecule has 2 N–H and O–H groups in total. The first-order chi connectivity index (χ1) is 6.86. The molecule has 0 aromatic heterocycles. The zero-order valence-corrected chi connectivity index (χ0v) is 10.8. The predicted molar refractivity (Wildman–Crippen MR) is 64.0 cm³/mol. The van der Waals surface area contributed by atoms with Gasteiger partial charge in [0.15, 0.2) is 0 Å². The van der Waals surface area contributed by atoms with E-state index in [0.717, 1.165) is 13.2 Å². The molecule has 0 aliphatic rings. The van der Waals surface area contributed by atoms with E-state index in [2.05, 4.69) is 19.2 Å². The van der Waals surface area contributed by atoms with Gasteiger partial charge in [0.25, 0.3) is 0 Å². The van der Waals surface area contributed by atoms with E-state index >= 15 is 0 Å². The fraction of sp³-hybridized carbons (Fsp3) is 1.00. The van der Waals surface area contributed by atoms with Crippen molar-refractivity contribution in [1.82, 2.24) is 5.32 Å². The summed E-state index contributed by atoms with van der Waals surface area (Å²) in [6.45, 7) is 13.1. The highest BCUT2D eigenvalue weighted by Crippen LogP contribution is 2.14. The highest BCUT2D eigenvalue weighted by Gasteiger charge is 2.23. The van der Waals surface area contributed by atoms with Gasteiger partial charge in [-0.25, -0.2) is 0 Å². The van der Waals surface area contributed by atoms with Gasteiger partial charge in [0.2, 0.25) is 0 Å². The fourth-order valence-corrected chi connectivity index (χ4v) is 1.01. The Morgan fingerprint density at radius 1 is 1.27 bits per heavy atom. The molecule has 3 nitrogen and oxygen atoms in total. The number of nitrogens with one attached hydrogen (secondary N) is 1. The first kappa shape index (κ1) is 14.9. The molecule has 1 unspecified atom stereocenters. The van der Waals surface area contributed by atoms with Gasteiger partial charge in [-0.3, -0.25) is 0 Å². The molecule has 0 aromatic carbocycles. The molecule has 3 heteroatoms. The molecule has 0 rings (SSSR count). The number of ether oxygens (including phenoxy) is 1. The summed E-state index contributed by atoms with van der Waals surface area (Å²) in [7, 11) is 0. The van der Waals surface area contributed by atoms with E-state index in [0.29, 0.717) is 19.1 Å². The Hall–Kier alpha value is -0.120. The maximum atomic E-state index is 9.93. The van der Waals surface area contributed by atoms with Crippen LogP contribution in [0.4, 0.5) is 0 Å². The van der Waals surface area contributed by atoms with Gasteiger partial charge in [-0.05, 0) is 18.8 Å². The molecular weight excluding hydrogens is 190 g/mol. The van der Waals surface area contributed by atoms with E-state index in [1.54, 1.807) is 0 Å². The quantitative estimate of drug-likeness (QED) is 0.608. The van der Waals surface area contributed by atoms with Gasteiger partial charge in [0.1, 0.15) is 0 Å². The molecule has 0 bridgehead atoms. The topological polar surface area (TPSA) is 41.5 Å². The Balaban J connectivity index is 3.39. The van der Waals surface area contributed by atoms with Crippen molar-refractivity contribution in [2.24, 2.45) is 11.8 Å². The van der Waals surface area contributed by atoms with E-state index in [4.69, 9.17) is 4.74 Å². The Morgan fingerprint density at radius 2 is 1.87 bits per heavy atom. The number of hydrogen-bond acceptors (Lipinski definition) is 3. The molecular formula is C12H27NO2. The molecule has 0 spiro atoms. The fourth-order valence-electron chi connectivity index (χ4n) is 1.01.